The average Bonchev–Trinajstić information content (AvgIpc) is 2.73. The number of piperazine rings is 1. The van der Waals surface area contributed by atoms with E-state index in [0.717, 1.165) is 49.8 Å². The molecule has 1 amide bonds. The summed E-state index contributed by atoms with van der Waals surface area (Å²) in [6, 6.07) is 16.3. The van der Waals surface area contributed by atoms with Crippen molar-refractivity contribution in [2.24, 2.45) is 5.92 Å². The number of methoxy groups -OCH3 is 1. The number of carbonyl (C=O) groups excluding carboxylic acids is 1. The van der Waals surface area contributed by atoms with Crippen molar-refractivity contribution >= 4 is 5.91 Å². The Morgan fingerprint density at radius 1 is 0.966 bits per heavy atom. The number of hydrogen-bond donors (Lipinski definition) is 0. The molecule has 156 valence electrons. The van der Waals surface area contributed by atoms with Crippen molar-refractivity contribution in [3.05, 3.63) is 59.7 Å². The molecule has 0 radical (unpaired) electrons. The Hall–Kier alpha value is -2.53. The van der Waals surface area contributed by atoms with Crippen LogP contribution in [0.2, 0.25) is 0 Å². The molecule has 2 aromatic carbocycles. The van der Waals surface area contributed by atoms with Crippen molar-refractivity contribution in [1.82, 2.24) is 9.80 Å². The quantitative estimate of drug-likeness (QED) is 0.677. The second-order valence-corrected chi connectivity index (χ2v) is 8.01. The molecule has 0 aromatic heterocycles. The molecule has 0 bridgehead atoms. The van der Waals surface area contributed by atoms with Gasteiger partial charge in [0.2, 0.25) is 5.91 Å². The molecule has 5 heteroatoms. The third-order valence-electron chi connectivity index (χ3n) is 5.18. The lowest BCUT2D eigenvalue weighted by Gasteiger charge is -2.35. The second-order valence-electron chi connectivity index (χ2n) is 8.01. The minimum Gasteiger partial charge on any atom is -0.493 e. The normalized spacial score (nSPS) is 14.8. The first kappa shape index (κ1) is 21.2. The van der Waals surface area contributed by atoms with Gasteiger partial charge in [0.15, 0.2) is 11.5 Å². The first-order valence-electron chi connectivity index (χ1n) is 10.4. The van der Waals surface area contributed by atoms with Gasteiger partial charge in [-0.3, -0.25) is 9.69 Å². The highest BCUT2D eigenvalue weighted by molar-refractivity contribution is 5.76. The first-order valence-corrected chi connectivity index (χ1v) is 10.4. The van der Waals surface area contributed by atoms with Gasteiger partial charge in [0.25, 0.3) is 0 Å². The molecule has 5 nitrogen and oxygen atoms in total. The maximum atomic E-state index is 12.3. The van der Waals surface area contributed by atoms with Crippen LogP contribution >= 0.6 is 0 Å². The number of rotatable bonds is 8. The van der Waals surface area contributed by atoms with E-state index in [9.17, 15) is 4.79 Å². The molecular weight excluding hydrogens is 364 g/mol. The van der Waals surface area contributed by atoms with Crippen molar-refractivity contribution in [2.45, 2.75) is 33.4 Å². The molecular formula is C24H32N2O3. The van der Waals surface area contributed by atoms with Crippen LogP contribution in [0.25, 0.3) is 0 Å². The van der Waals surface area contributed by atoms with E-state index in [4.69, 9.17) is 9.47 Å². The van der Waals surface area contributed by atoms with Gasteiger partial charge in [0.05, 0.1) is 7.11 Å². The van der Waals surface area contributed by atoms with Crippen molar-refractivity contribution in [3.8, 4) is 11.5 Å². The summed E-state index contributed by atoms with van der Waals surface area (Å²) in [5, 5.41) is 0. The fourth-order valence-electron chi connectivity index (χ4n) is 3.56. The molecule has 2 aromatic rings. The van der Waals surface area contributed by atoms with Gasteiger partial charge in [-0.1, -0.05) is 50.2 Å². The lowest BCUT2D eigenvalue weighted by molar-refractivity contribution is -0.133. The second kappa shape index (κ2) is 10.3. The Kier molecular flexibility index (Phi) is 7.53. The molecule has 3 rings (SSSR count). The summed E-state index contributed by atoms with van der Waals surface area (Å²) in [4.78, 5) is 16.6. The van der Waals surface area contributed by atoms with Gasteiger partial charge in [-0.2, -0.15) is 0 Å². The van der Waals surface area contributed by atoms with Crippen LogP contribution in [0.3, 0.4) is 0 Å². The van der Waals surface area contributed by atoms with E-state index in [-0.39, 0.29) is 5.91 Å². The maximum absolute atomic E-state index is 12.3. The lowest BCUT2D eigenvalue weighted by atomic mass is 10.1. The number of benzene rings is 2. The smallest absolute Gasteiger partial charge is 0.222 e. The van der Waals surface area contributed by atoms with E-state index in [1.165, 1.54) is 5.56 Å². The SMILES string of the molecule is COc1ccc(CN2CCN(C(=O)CC(C)C)CC2)cc1OCc1ccccc1. The van der Waals surface area contributed by atoms with E-state index < -0.39 is 0 Å². The van der Waals surface area contributed by atoms with E-state index in [0.29, 0.717) is 18.9 Å². The zero-order valence-electron chi connectivity index (χ0n) is 17.8. The van der Waals surface area contributed by atoms with Gasteiger partial charge < -0.3 is 14.4 Å². The van der Waals surface area contributed by atoms with Crippen LogP contribution in [-0.4, -0.2) is 49.0 Å². The zero-order valence-corrected chi connectivity index (χ0v) is 17.8. The van der Waals surface area contributed by atoms with Crippen molar-refractivity contribution in [2.75, 3.05) is 33.3 Å². The Bertz CT molecular complexity index is 784. The standard InChI is InChI=1S/C24H32N2O3/c1-19(2)15-24(27)26-13-11-25(12-14-26)17-21-9-10-22(28-3)23(16-21)29-18-20-7-5-4-6-8-20/h4-10,16,19H,11-15,17-18H2,1-3H3. The monoisotopic (exact) mass is 396 g/mol. The highest BCUT2D eigenvalue weighted by Gasteiger charge is 2.21. The summed E-state index contributed by atoms with van der Waals surface area (Å²) in [6.45, 7) is 8.95. The summed E-state index contributed by atoms with van der Waals surface area (Å²) in [7, 11) is 1.66. The molecule has 0 N–H and O–H groups in total. The predicted octanol–water partition coefficient (Wildman–Crippen LogP) is 3.96. The van der Waals surface area contributed by atoms with Crippen molar-refractivity contribution in [1.29, 1.82) is 0 Å². The van der Waals surface area contributed by atoms with Gasteiger partial charge in [-0.05, 0) is 29.2 Å². The van der Waals surface area contributed by atoms with Gasteiger partial charge >= 0.3 is 0 Å². The molecule has 1 aliphatic rings. The summed E-state index contributed by atoms with van der Waals surface area (Å²) in [5.74, 6) is 2.20. The first-order chi connectivity index (χ1) is 14.0. The Balaban J connectivity index is 1.56. The molecule has 1 heterocycles. The van der Waals surface area contributed by atoms with Gasteiger partial charge in [-0.25, -0.2) is 0 Å². The zero-order chi connectivity index (χ0) is 20.6. The predicted molar refractivity (Wildman–Crippen MR) is 115 cm³/mol. The molecule has 1 fully saturated rings. The Morgan fingerprint density at radius 2 is 1.69 bits per heavy atom. The van der Waals surface area contributed by atoms with Crippen LogP contribution in [0.1, 0.15) is 31.4 Å². The summed E-state index contributed by atoms with van der Waals surface area (Å²) < 4.78 is 11.5. The van der Waals surface area contributed by atoms with E-state index in [2.05, 4.69) is 43.0 Å². The summed E-state index contributed by atoms with van der Waals surface area (Å²) in [6.07, 6.45) is 0.639. The number of carbonyl (C=O) groups is 1. The van der Waals surface area contributed by atoms with Crippen molar-refractivity contribution in [3.63, 3.8) is 0 Å². The van der Waals surface area contributed by atoms with Crippen LogP contribution in [0.4, 0.5) is 0 Å². The number of nitrogens with zero attached hydrogens (tertiary/aromatic N) is 2. The minimum absolute atomic E-state index is 0.278. The van der Waals surface area contributed by atoms with Crippen LogP contribution < -0.4 is 9.47 Å². The highest BCUT2D eigenvalue weighted by Crippen LogP contribution is 2.29. The fourth-order valence-corrected chi connectivity index (χ4v) is 3.56. The summed E-state index contributed by atoms with van der Waals surface area (Å²) in [5.41, 5.74) is 2.32. The molecule has 1 aliphatic heterocycles. The topological polar surface area (TPSA) is 42.0 Å². The Morgan fingerprint density at radius 3 is 2.34 bits per heavy atom. The molecule has 0 unspecified atom stereocenters. The van der Waals surface area contributed by atoms with Crippen LogP contribution in [-0.2, 0) is 17.9 Å². The minimum atomic E-state index is 0.278. The third kappa shape index (κ3) is 6.23. The van der Waals surface area contributed by atoms with E-state index >= 15 is 0 Å². The molecule has 0 atom stereocenters. The van der Waals surface area contributed by atoms with E-state index in [1.807, 2.05) is 29.2 Å². The van der Waals surface area contributed by atoms with E-state index in [1.54, 1.807) is 7.11 Å². The number of ether oxygens (including phenoxy) is 2. The Labute approximate surface area is 174 Å². The molecule has 0 spiro atoms. The largest absolute Gasteiger partial charge is 0.493 e. The average molecular weight is 397 g/mol. The molecule has 29 heavy (non-hydrogen) atoms. The molecule has 0 aliphatic carbocycles. The van der Waals surface area contributed by atoms with Crippen LogP contribution in [0, 0.1) is 5.92 Å². The summed E-state index contributed by atoms with van der Waals surface area (Å²) >= 11 is 0. The number of amides is 1. The third-order valence-corrected chi connectivity index (χ3v) is 5.18. The van der Waals surface area contributed by atoms with Crippen molar-refractivity contribution < 1.29 is 14.3 Å². The molecule has 1 saturated heterocycles. The van der Waals surface area contributed by atoms with Gasteiger partial charge in [-0.15, -0.1) is 0 Å². The van der Waals surface area contributed by atoms with Gasteiger partial charge in [0.1, 0.15) is 6.61 Å². The number of hydrogen-bond acceptors (Lipinski definition) is 4. The maximum Gasteiger partial charge on any atom is 0.222 e. The fraction of sp³-hybridized carbons (Fsp3) is 0.458. The van der Waals surface area contributed by atoms with Crippen LogP contribution in [0.5, 0.6) is 11.5 Å². The lowest BCUT2D eigenvalue weighted by Crippen LogP contribution is -2.48. The van der Waals surface area contributed by atoms with Gasteiger partial charge in [0, 0.05) is 39.1 Å². The molecule has 0 saturated carbocycles. The van der Waals surface area contributed by atoms with Crippen LogP contribution in [0.15, 0.2) is 48.5 Å². The highest BCUT2D eigenvalue weighted by atomic mass is 16.5.